The van der Waals surface area contributed by atoms with Crippen LogP contribution < -0.4 is 10.7 Å². The number of nitrogens with one attached hydrogen (secondary N) is 2. The summed E-state index contributed by atoms with van der Waals surface area (Å²) < 4.78 is 12.2. The smallest absolute Gasteiger partial charge is 0.410 e. The second-order valence-corrected chi connectivity index (χ2v) is 13.6. The fourth-order valence-electron chi connectivity index (χ4n) is 6.02. The number of hydrazine groups is 1. The number of nitrogens with zero attached hydrogens (tertiary/aromatic N) is 6. The first-order valence-electron chi connectivity index (χ1n) is 15.1. The third-order valence-corrected chi connectivity index (χ3v) is 8.44. The maximum Gasteiger partial charge on any atom is 0.410 e. The van der Waals surface area contributed by atoms with Crippen molar-refractivity contribution in [2.45, 2.75) is 90.1 Å². The van der Waals surface area contributed by atoms with Crippen molar-refractivity contribution in [2.75, 3.05) is 27.2 Å². The number of esters is 1. The van der Waals surface area contributed by atoms with E-state index >= 15 is 0 Å². The number of halogens is 1. The summed E-state index contributed by atoms with van der Waals surface area (Å²) in [4.78, 5) is 74.7. The van der Waals surface area contributed by atoms with Gasteiger partial charge in [0.1, 0.15) is 29.6 Å². The fraction of sp³-hybridized carbons (Fsp3) is 0.690. The van der Waals surface area contributed by atoms with Crippen molar-refractivity contribution in [1.29, 1.82) is 0 Å². The zero-order chi connectivity index (χ0) is 33.2. The molecule has 45 heavy (non-hydrogen) atoms. The van der Waals surface area contributed by atoms with Gasteiger partial charge in [-0.1, -0.05) is 13.8 Å². The monoisotopic (exact) mass is 694 g/mol. The maximum atomic E-state index is 14.0. The zero-order valence-electron chi connectivity index (χ0n) is 26.8. The van der Waals surface area contributed by atoms with Gasteiger partial charge in [-0.3, -0.25) is 24.2 Å². The molecule has 15 nitrogen and oxygen atoms in total. The van der Waals surface area contributed by atoms with Crippen LogP contribution in [0.25, 0.3) is 6.20 Å². The fourth-order valence-corrected chi connectivity index (χ4v) is 6.40. The summed E-state index contributed by atoms with van der Waals surface area (Å²) in [7, 11) is 2.85. The molecule has 2 saturated heterocycles. The van der Waals surface area contributed by atoms with E-state index < -0.39 is 59.6 Å². The van der Waals surface area contributed by atoms with E-state index in [4.69, 9.17) is 9.47 Å². The molecular formula is C29H43BrN8O7. The van der Waals surface area contributed by atoms with E-state index in [0.717, 1.165) is 0 Å². The van der Waals surface area contributed by atoms with Crippen LogP contribution in [0.4, 0.5) is 4.79 Å². The third-order valence-electron chi connectivity index (χ3n) is 8.10. The SMILES string of the molecule is COC(=O)[C@@H]1CCCN(C(=O)[C@@H]2Cc3nc(Br)nn3/C=C/[C@@H]3[C@H](CCN3C(=O)OC(C)(C)C)C(=O)N(C)[C@@H](C(C)C)C(=O)N2)N1. The summed E-state index contributed by atoms with van der Waals surface area (Å²) in [6.07, 6.45) is 4.11. The summed E-state index contributed by atoms with van der Waals surface area (Å²) in [6.45, 7) is 9.56. The number of likely N-dealkylation sites (N-methyl/N-ethyl adjacent to an activating group) is 1. The number of carbonyl (C=O) groups excluding carboxylic acids is 5. The molecule has 0 radical (unpaired) electrons. The van der Waals surface area contributed by atoms with Gasteiger partial charge in [-0.2, -0.15) is 0 Å². The number of fused-ring (bicyclic) bond motifs is 2. The van der Waals surface area contributed by atoms with Crippen LogP contribution in [0.1, 0.15) is 59.7 Å². The van der Waals surface area contributed by atoms with Crippen molar-refractivity contribution < 1.29 is 33.4 Å². The number of amides is 4. The van der Waals surface area contributed by atoms with Crippen LogP contribution in [0, 0.1) is 11.8 Å². The number of ether oxygens (including phenoxy) is 2. The Hall–Kier alpha value is -3.53. The highest BCUT2D eigenvalue weighted by Crippen LogP contribution is 2.31. The quantitative estimate of drug-likeness (QED) is 0.441. The van der Waals surface area contributed by atoms with Gasteiger partial charge in [0.2, 0.25) is 16.5 Å². The van der Waals surface area contributed by atoms with Crippen LogP contribution in [-0.4, -0.2) is 116 Å². The molecular weight excluding hydrogens is 652 g/mol. The molecule has 2 N–H and O–H groups in total. The number of aromatic nitrogens is 3. The lowest BCUT2D eigenvalue weighted by molar-refractivity contribution is -0.151. The van der Waals surface area contributed by atoms with Crippen LogP contribution in [0.15, 0.2) is 10.8 Å². The van der Waals surface area contributed by atoms with E-state index in [0.29, 0.717) is 31.6 Å². The van der Waals surface area contributed by atoms with E-state index in [1.54, 1.807) is 40.1 Å². The molecule has 5 atom stereocenters. The summed E-state index contributed by atoms with van der Waals surface area (Å²) in [6, 6.07) is -3.44. The average Bonchev–Trinajstić information content (AvgIpc) is 3.55. The van der Waals surface area contributed by atoms with Crippen LogP contribution in [0.3, 0.4) is 0 Å². The first-order chi connectivity index (χ1) is 21.1. The molecule has 3 aliphatic heterocycles. The van der Waals surface area contributed by atoms with E-state index in [1.807, 2.05) is 13.8 Å². The van der Waals surface area contributed by atoms with Gasteiger partial charge >= 0.3 is 12.1 Å². The zero-order valence-corrected chi connectivity index (χ0v) is 28.4. The Morgan fingerprint density at radius 1 is 1.11 bits per heavy atom. The lowest BCUT2D eigenvalue weighted by Gasteiger charge is -2.36. The first kappa shape index (κ1) is 34.3. The molecule has 0 aliphatic carbocycles. The number of likely N-dealkylation sites (tertiary alicyclic amines) is 1. The Morgan fingerprint density at radius 2 is 1.82 bits per heavy atom. The highest BCUT2D eigenvalue weighted by atomic mass is 79.9. The summed E-state index contributed by atoms with van der Waals surface area (Å²) >= 11 is 3.30. The second-order valence-electron chi connectivity index (χ2n) is 12.9. The molecule has 2 fully saturated rings. The minimum atomic E-state index is -1.12. The molecule has 4 heterocycles. The number of hydrogen-bond acceptors (Lipinski definition) is 10. The highest BCUT2D eigenvalue weighted by Gasteiger charge is 2.45. The highest BCUT2D eigenvalue weighted by molar-refractivity contribution is 9.10. The van der Waals surface area contributed by atoms with Gasteiger partial charge in [-0.25, -0.2) is 19.9 Å². The molecule has 4 amide bonds. The topological polar surface area (TPSA) is 168 Å². The number of rotatable bonds is 3. The van der Waals surface area contributed by atoms with E-state index in [1.165, 1.54) is 26.6 Å². The predicted octanol–water partition coefficient (Wildman–Crippen LogP) is 1.33. The molecule has 0 bridgehead atoms. The molecule has 3 aliphatic rings. The van der Waals surface area contributed by atoms with Crippen molar-refractivity contribution in [3.8, 4) is 0 Å². The first-order valence-corrected chi connectivity index (χ1v) is 15.9. The van der Waals surface area contributed by atoms with Crippen LogP contribution in [-0.2, 0) is 35.1 Å². The molecule has 1 aromatic heterocycles. The molecule has 248 valence electrons. The van der Waals surface area contributed by atoms with Crippen molar-refractivity contribution in [3.63, 3.8) is 0 Å². The van der Waals surface area contributed by atoms with E-state index in [9.17, 15) is 24.0 Å². The van der Waals surface area contributed by atoms with Gasteiger partial charge in [-0.15, -0.1) is 5.10 Å². The van der Waals surface area contributed by atoms with Crippen LogP contribution >= 0.6 is 15.9 Å². The molecule has 0 spiro atoms. The summed E-state index contributed by atoms with van der Waals surface area (Å²) in [5.74, 6) is -2.43. The normalized spacial score (nSPS) is 27.0. The predicted molar refractivity (Wildman–Crippen MR) is 165 cm³/mol. The Bertz CT molecular complexity index is 1340. The molecule has 4 rings (SSSR count). The number of hydrogen-bond donors (Lipinski definition) is 2. The Balaban J connectivity index is 1.75. The van der Waals surface area contributed by atoms with Crippen molar-refractivity contribution in [2.24, 2.45) is 11.8 Å². The lowest BCUT2D eigenvalue weighted by Crippen LogP contribution is -2.62. The van der Waals surface area contributed by atoms with Crippen LogP contribution in [0.2, 0.25) is 0 Å². The van der Waals surface area contributed by atoms with Crippen LogP contribution in [0.5, 0.6) is 0 Å². The van der Waals surface area contributed by atoms with Crippen molar-refractivity contribution >= 4 is 51.9 Å². The Kier molecular flexibility index (Phi) is 10.6. The second kappa shape index (κ2) is 13.8. The molecule has 0 aromatic carbocycles. The van der Waals surface area contributed by atoms with Crippen molar-refractivity contribution in [1.82, 2.24) is 40.3 Å². The van der Waals surface area contributed by atoms with Gasteiger partial charge < -0.3 is 24.6 Å². The van der Waals surface area contributed by atoms with Gasteiger partial charge in [0.05, 0.1) is 19.1 Å². The Labute approximate surface area is 271 Å². The van der Waals surface area contributed by atoms with E-state index in [2.05, 4.69) is 36.8 Å². The largest absolute Gasteiger partial charge is 0.468 e. The minimum absolute atomic E-state index is 0.0546. The molecule has 16 heteroatoms. The Morgan fingerprint density at radius 3 is 2.47 bits per heavy atom. The molecule has 0 unspecified atom stereocenters. The standard InChI is InChI=1S/C29H43BrN8O7/c1-16(2)22-23(39)31-19(25(41)38-12-8-9-18(33-38)26(42)44-7)15-21-32-27(30)34-37(21)14-11-20-17(24(40)35(22)6)10-13-36(20)28(43)45-29(3,4)5/h11,14,16-20,22,33H,8-10,12-13,15H2,1-7H3,(H,31,39)/b14-11+/t17-,18-,19-,20+,22-/m0/s1. The number of carbonyl (C=O) groups is 5. The summed E-state index contributed by atoms with van der Waals surface area (Å²) in [5.41, 5.74) is 2.19. The lowest BCUT2D eigenvalue weighted by atomic mass is 9.95. The van der Waals surface area contributed by atoms with Gasteiger partial charge in [0.25, 0.3) is 5.91 Å². The summed E-state index contributed by atoms with van der Waals surface area (Å²) in [5, 5.41) is 8.58. The van der Waals surface area contributed by atoms with Gasteiger partial charge in [-0.05, 0) is 68.0 Å². The van der Waals surface area contributed by atoms with Crippen molar-refractivity contribution in [3.05, 3.63) is 16.6 Å². The minimum Gasteiger partial charge on any atom is -0.468 e. The van der Waals surface area contributed by atoms with E-state index in [-0.39, 0.29) is 29.5 Å². The average molecular weight is 696 g/mol. The third kappa shape index (κ3) is 7.83. The molecule has 0 saturated carbocycles. The maximum absolute atomic E-state index is 14.0. The van der Waals surface area contributed by atoms with Gasteiger partial charge in [0.15, 0.2) is 0 Å². The molecule has 1 aromatic rings. The number of methoxy groups -OCH3 is 1. The van der Waals surface area contributed by atoms with Gasteiger partial charge in [0, 0.05) is 32.8 Å².